The fourth-order valence-corrected chi connectivity index (χ4v) is 3.42. The molecule has 0 radical (unpaired) electrons. The first kappa shape index (κ1) is 14.0. The fourth-order valence-electron chi connectivity index (χ4n) is 2.43. The van der Waals surface area contributed by atoms with Crippen LogP contribution in [0.25, 0.3) is 0 Å². The van der Waals surface area contributed by atoms with Crippen LogP contribution in [0.15, 0.2) is 0 Å². The number of hydrogen-bond acceptors (Lipinski definition) is 5. The number of nitrogens with two attached hydrogens (primary N) is 1. The van der Waals surface area contributed by atoms with Crippen molar-refractivity contribution in [2.45, 2.75) is 39.7 Å². The van der Waals surface area contributed by atoms with Crippen LogP contribution in [0.5, 0.6) is 5.75 Å². The van der Waals surface area contributed by atoms with E-state index >= 15 is 0 Å². The summed E-state index contributed by atoms with van der Waals surface area (Å²) in [5.74, 6) is 1.38. The van der Waals surface area contributed by atoms with Gasteiger partial charge in [-0.2, -0.15) is 5.26 Å². The molecule has 19 heavy (non-hydrogen) atoms. The van der Waals surface area contributed by atoms with Gasteiger partial charge in [0.25, 0.3) is 0 Å². The third-order valence-corrected chi connectivity index (χ3v) is 4.43. The van der Waals surface area contributed by atoms with E-state index in [4.69, 9.17) is 15.7 Å². The highest BCUT2D eigenvalue weighted by atomic mass is 32.1. The van der Waals surface area contributed by atoms with E-state index in [-0.39, 0.29) is 6.10 Å². The molecule has 0 amide bonds. The molecule has 2 heterocycles. The lowest BCUT2D eigenvalue weighted by molar-refractivity contribution is 0.244. The zero-order valence-electron chi connectivity index (χ0n) is 11.8. The number of nitrogen functional groups attached to an aromatic ring is 1. The second kappa shape index (κ2) is 5.70. The van der Waals surface area contributed by atoms with Crippen LogP contribution in [0.4, 0.5) is 10.7 Å². The van der Waals surface area contributed by atoms with Crippen molar-refractivity contribution in [3.05, 3.63) is 4.88 Å². The Morgan fingerprint density at radius 2 is 2.26 bits per heavy atom. The van der Waals surface area contributed by atoms with Crippen LogP contribution < -0.4 is 15.4 Å². The molecule has 104 valence electrons. The molecule has 4 nitrogen and oxygen atoms in total. The van der Waals surface area contributed by atoms with Crippen molar-refractivity contribution < 1.29 is 4.74 Å². The Kier molecular flexibility index (Phi) is 4.20. The van der Waals surface area contributed by atoms with Crippen molar-refractivity contribution in [3.63, 3.8) is 0 Å². The predicted molar refractivity (Wildman–Crippen MR) is 79.8 cm³/mol. The molecule has 1 aromatic rings. The lowest BCUT2D eigenvalue weighted by Crippen LogP contribution is -2.34. The van der Waals surface area contributed by atoms with Gasteiger partial charge in [-0.15, -0.1) is 11.3 Å². The average Bonchev–Trinajstić information content (AvgIpc) is 2.66. The number of rotatable bonds is 3. The van der Waals surface area contributed by atoms with Crippen LogP contribution in [0.1, 0.15) is 38.5 Å². The van der Waals surface area contributed by atoms with E-state index < -0.39 is 0 Å². The molecule has 0 bridgehead atoms. The molecule has 1 aliphatic rings. The summed E-state index contributed by atoms with van der Waals surface area (Å²) in [4.78, 5) is 2.87. The zero-order valence-corrected chi connectivity index (χ0v) is 12.6. The van der Waals surface area contributed by atoms with Gasteiger partial charge in [-0.05, 0) is 32.6 Å². The van der Waals surface area contributed by atoms with Gasteiger partial charge in [-0.3, -0.25) is 0 Å². The van der Waals surface area contributed by atoms with Crippen molar-refractivity contribution >= 4 is 22.0 Å². The lowest BCUT2D eigenvalue weighted by atomic mass is 10.0. The minimum absolute atomic E-state index is 0.0596. The monoisotopic (exact) mass is 279 g/mol. The predicted octanol–water partition coefficient (Wildman–Crippen LogP) is 3.23. The molecular weight excluding hydrogens is 258 g/mol. The maximum Gasteiger partial charge on any atom is 0.178 e. The number of hydrogen-bond donors (Lipinski definition) is 1. The molecule has 1 aromatic heterocycles. The first-order valence-electron chi connectivity index (χ1n) is 6.76. The summed E-state index contributed by atoms with van der Waals surface area (Å²) < 4.78 is 5.84. The molecule has 1 fully saturated rings. The lowest BCUT2D eigenvalue weighted by Gasteiger charge is -2.32. The molecule has 0 saturated carbocycles. The minimum Gasteiger partial charge on any atom is -0.486 e. The van der Waals surface area contributed by atoms with E-state index in [1.54, 1.807) is 0 Å². The largest absolute Gasteiger partial charge is 0.486 e. The highest BCUT2D eigenvalue weighted by Crippen LogP contribution is 2.46. The zero-order chi connectivity index (χ0) is 14.0. The quantitative estimate of drug-likeness (QED) is 0.922. The topological polar surface area (TPSA) is 62.3 Å². The van der Waals surface area contributed by atoms with Gasteiger partial charge in [0.2, 0.25) is 0 Å². The maximum atomic E-state index is 9.15. The molecule has 0 aromatic carbocycles. The normalized spacial score (nSPS) is 19.5. The Morgan fingerprint density at radius 3 is 2.84 bits per heavy atom. The summed E-state index contributed by atoms with van der Waals surface area (Å²) in [5.41, 5.74) is 6.54. The van der Waals surface area contributed by atoms with Gasteiger partial charge in [0.1, 0.15) is 21.6 Å². The SMILES string of the molecule is CC1CCCN(c2sc(C#N)c(N)c2OC(C)C)C1. The van der Waals surface area contributed by atoms with Crippen molar-refractivity contribution in [3.8, 4) is 11.8 Å². The number of nitriles is 1. The third kappa shape index (κ3) is 2.95. The first-order valence-corrected chi connectivity index (χ1v) is 7.58. The van der Waals surface area contributed by atoms with E-state index in [2.05, 4.69) is 17.9 Å². The van der Waals surface area contributed by atoms with Crippen LogP contribution in [0.2, 0.25) is 0 Å². The molecule has 2 rings (SSSR count). The summed E-state index contributed by atoms with van der Waals surface area (Å²) >= 11 is 1.45. The third-order valence-electron chi connectivity index (χ3n) is 3.28. The fraction of sp³-hybridized carbons (Fsp3) is 0.643. The van der Waals surface area contributed by atoms with Gasteiger partial charge >= 0.3 is 0 Å². The molecule has 0 spiro atoms. The van der Waals surface area contributed by atoms with Crippen LogP contribution in [-0.4, -0.2) is 19.2 Å². The summed E-state index contributed by atoms with van der Waals surface area (Å²) in [5, 5.41) is 10.2. The highest BCUT2D eigenvalue weighted by Gasteiger charge is 2.26. The molecule has 1 saturated heterocycles. The Labute approximate surface area is 118 Å². The van der Waals surface area contributed by atoms with Crippen molar-refractivity contribution in [1.82, 2.24) is 0 Å². The van der Waals surface area contributed by atoms with E-state index in [0.29, 0.717) is 22.2 Å². The number of nitrogens with zero attached hydrogens (tertiary/aromatic N) is 2. The standard InChI is InChI=1S/C14H21N3OS/c1-9(2)18-13-12(16)11(7-15)19-14(13)17-6-4-5-10(3)8-17/h9-10H,4-6,8,16H2,1-3H3. The molecule has 5 heteroatoms. The van der Waals surface area contributed by atoms with Crippen LogP contribution in [0.3, 0.4) is 0 Å². The molecule has 1 aliphatic heterocycles. The summed E-state index contributed by atoms with van der Waals surface area (Å²) in [6.07, 6.45) is 2.51. The van der Waals surface area contributed by atoms with Gasteiger partial charge < -0.3 is 15.4 Å². The second-order valence-corrected chi connectivity index (χ2v) is 6.45. The average molecular weight is 279 g/mol. The molecule has 1 atom stereocenters. The summed E-state index contributed by atoms with van der Waals surface area (Å²) in [7, 11) is 0. The molecule has 0 aliphatic carbocycles. The number of thiophene rings is 1. The molecule has 1 unspecified atom stereocenters. The molecular formula is C14H21N3OS. The van der Waals surface area contributed by atoms with Crippen LogP contribution >= 0.6 is 11.3 Å². The Hall–Kier alpha value is -1.41. The summed E-state index contributed by atoms with van der Waals surface area (Å²) in [6, 6.07) is 2.17. The van der Waals surface area contributed by atoms with Crippen molar-refractivity contribution in [2.75, 3.05) is 23.7 Å². The first-order chi connectivity index (χ1) is 9.02. The Balaban J connectivity index is 2.35. The van der Waals surface area contributed by atoms with Gasteiger partial charge in [0.05, 0.1) is 6.10 Å². The second-order valence-electron chi connectivity index (χ2n) is 5.45. The van der Waals surface area contributed by atoms with E-state index in [9.17, 15) is 0 Å². The van der Waals surface area contributed by atoms with E-state index in [0.717, 1.165) is 18.1 Å². The van der Waals surface area contributed by atoms with E-state index in [1.807, 2.05) is 13.8 Å². The Morgan fingerprint density at radius 1 is 1.53 bits per heavy atom. The van der Waals surface area contributed by atoms with Crippen LogP contribution in [-0.2, 0) is 0 Å². The van der Waals surface area contributed by atoms with Gasteiger partial charge in [0.15, 0.2) is 5.75 Å². The number of piperidine rings is 1. The van der Waals surface area contributed by atoms with Crippen molar-refractivity contribution in [2.24, 2.45) is 5.92 Å². The highest BCUT2D eigenvalue weighted by molar-refractivity contribution is 7.17. The minimum atomic E-state index is 0.0596. The van der Waals surface area contributed by atoms with Gasteiger partial charge in [-0.25, -0.2) is 0 Å². The van der Waals surface area contributed by atoms with Crippen LogP contribution in [0, 0.1) is 17.2 Å². The van der Waals surface area contributed by atoms with E-state index in [1.165, 1.54) is 24.2 Å². The number of ether oxygens (including phenoxy) is 1. The van der Waals surface area contributed by atoms with Crippen molar-refractivity contribution in [1.29, 1.82) is 5.26 Å². The number of anilines is 2. The van der Waals surface area contributed by atoms with Gasteiger partial charge in [0, 0.05) is 13.1 Å². The van der Waals surface area contributed by atoms with Gasteiger partial charge in [-0.1, -0.05) is 6.92 Å². The Bertz CT molecular complexity index is 490. The summed E-state index contributed by atoms with van der Waals surface area (Å²) in [6.45, 7) is 8.25. The maximum absolute atomic E-state index is 9.15. The smallest absolute Gasteiger partial charge is 0.178 e. The molecule has 2 N–H and O–H groups in total.